The van der Waals surface area contributed by atoms with Crippen molar-refractivity contribution in [3.05, 3.63) is 71.3 Å². The Balaban J connectivity index is 1.35. The Labute approximate surface area is 220 Å². The second-order valence-electron chi connectivity index (χ2n) is 10.6. The van der Waals surface area contributed by atoms with Crippen molar-refractivity contribution in [1.82, 2.24) is 24.3 Å². The highest BCUT2D eigenvalue weighted by atomic mass is 19.1. The number of rotatable bonds is 2. The summed E-state index contributed by atoms with van der Waals surface area (Å²) in [5, 5.41) is 5.12. The van der Waals surface area contributed by atoms with Crippen molar-refractivity contribution in [2.24, 2.45) is 7.05 Å². The van der Waals surface area contributed by atoms with Gasteiger partial charge in [-0.25, -0.2) is 9.18 Å². The summed E-state index contributed by atoms with van der Waals surface area (Å²) in [4.78, 5) is 30.3. The van der Waals surface area contributed by atoms with E-state index in [4.69, 9.17) is 0 Å². The van der Waals surface area contributed by atoms with E-state index in [1.165, 1.54) is 0 Å². The van der Waals surface area contributed by atoms with Gasteiger partial charge in [0.25, 0.3) is 0 Å². The number of urea groups is 1. The van der Waals surface area contributed by atoms with Crippen molar-refractivity contribution in [3.8, 4) is 0 Å². The van der Waals surface area contributed by atoms with Gasteiger partial charge >= 0.3 is 6.03 Å². The second-order valence-corrected chi connectivity index (χ2v) is 10.6. The molecule has 8 heteroatoms. The van der Waals surface area contributed by atoms with Crippen molar-refractivity contribution in [2.45, 2.75) is 32.4 Å². The van der Waals surface area contributed by atoms with Crippen molar-refractivity contribution in [2.75, 3.05) is 26.2 Å². The second kappa shape index (κ2) is 8.75. The third-order valence-corrected chi connectivity index (χ3v) is 8.28. The van der Waals surface area contributed by atoms with Crippen molar-refractivity contribution in [3.63, 3.8) is 0 Å². The lowest BCUT2D eigenvalue weighted by Crippen LogP contribution is -2.45. The van der Waals surface area contributed by atoms with Gasteiger partial charge in [-0.05, 0) is 43.0 Å². The van der Waals surface area contributed by atoms with E-state index in [0.717, 1.165) is 76.5 Å². The molecular weight excluding hydrogens is 481 g/mol. The molecule has 0 atom stereocenters. The highest BCUT2D eigenvalue weighted by Crippen LogP contribution is 2.39. The average Bonchev–Trinajstić information content (AvgIpc) is 3.54. The van der Waals surface area contributed by atoms with Crippen LogP contribution in [-0.2, 0) is 24.9 Å². The number of benzene rings is 2. The molecule has 3 aliphatic rings. The predicted molar refractivity (Wildman–Crippen MR) is 146 cm³/mol. The Bertz CT molecular complexity index is 1660. The van der Waals surface area contributed by atoms with Gasteiger partial charge in [-0.3, -0.25) is 4.79 Å². The largest absolute Gasteiger partial charge is 0.376 e. The Morgan fingerprint density at radius 3 is 2.58 bits per heavy atom. The fourth-order valence-corrected chi connectivity index (χ4v) is 6.49. The summed E-state index contributed by atoms with van der Waals surface area (Å²) >= 11 is 0. The molecule has 0 bridgehead atoms. The van der Waals surface area contributed by atoms with E-state index < -0.39 is 0 Å². The van der Waals surface area contributed by atoms with Crippen LogP contribution < -0.4 is 5.32 Å². The van der Waals surface area contributed by atoms with Gasteiger partial charge in [-0.1, -0.05) is 18.2 Å². The van der Waals surface area contributed by atoms with Crippen LogP contribution in [0.3, 0.4) is 0 Å². The van der Waals surface area contributed by atoms with Gasteiger partial charge in [0.2, 0.25) is 0 Å². The zero-order valence-electron chi connectivity index (χ0n) is 21.5. The Hall–Kier alpha value is -4.07. The number of piperidine rings is 1. The fourth-order valence-electron chi connectivity index (χ4n) is 6.49. The molecule has 0 spiro atoms. The summed E-state index contributed by atoms with van der Waals surface area (Å²) in [7, 11) is 1.98. The number of hydrogen-bond acceptors (Lipinski definition) is 3. The number of nitrogens with zero attached hydrogens (tertiary/aromatic N) is 4. The third-order valence-electron chi connectivity index (χ3n) is 8.28. The first-order valence-corrected chi connectivity index (χ1v) is 13.4. The molecule has 38 heavy (non-hydrogen) atoms. The number of hydrogen-bond donors (Lipinski definition) is 1. The van der Waals surface area contributed by atoms with Gasteiger partial charge in [0, 0.05) is 79.6 Å². The van der Waals surface area contributed by atoms with Crippen LogP contribution in [0.25, 0.3) is 33.1 Å². The van der Waals surface area contributed by atoms with Gasteiger partial charge in [0.05, 0.1) is 23.3 Å². The van der Waals surface area contributed by atoms with Gasteiger partial charge in [-0.15, -0.1) is 0 Å². The molecule has 3 aliphatic heterocycles. The minimum absolute atomic E-state index is 0.0271. The summed E-state index contributed by atoms with van der Waals surface area (Å²) in [5.74, 6) is -0.310. The Morgan fingerprint density at radius 1 is 0.921 bits per heavy atom. The van der Waals surface area contributed by atoms with Crippen LogP contribution in [0, 0.1) is 5.82 Å². The fraction of sp³-hybridized carbons (Fsp3) is 0.333. The standard InChI is InChI=1S/C30H30FN5O2/c1-33-17-23(21-7-3-4-8-25(21)33)27-26(37)15-32-28(27)24-18-35-11-12-36(30(38)34-9-5-2-6-10-34)16-19-13-20(31)14-22(24)29(19)35/h3-4,7-8,13-14,17-18,32H,2,5-6,9-12,15-16H2,1H3. The van der Waals surface area contributed by atoms with E-state index in [1.807, 2.05) is 58.1 Å². The molecule has 0 unspecified atom stereocenters. The third kappa shape index (κ3) is 3.54. The molecule has 5 heterocycles. The molecule has 2 aromatic carbocycles. The molecule has 2 amide bonds. The molecular formula is C30H30FN5O2. The SMILES string of the molecule is Cn1cc(C2=C(c3cn4c5c(cc(F)cc35)CN(C(=O)N3CCCCC3)CC4)NCC2=O)c2ccccc21. The molecule has 1 fully saturated rings. The van der Waals surface area contributed by atoms with E-state index in [2.05, 4.69) is 9.88 Å². The van der Waals surface area contributed by atoms with Gasteiger partial charge in [-0.2, -0.15) is 0 Å². The molecule has 194 valence electrons. The first kappa shape index (κ1) is 23.1. The maximum absolute atomic E-state index is 15.1. The number of carbonyl (C=O) groups excluding carboxylic acids is 2. The predicted octanol–water partition coefficient (Wildman–Crippen LogP) is 4.73. The molecule has 2 aromatic heterocycles. The molecule has 0 radical (unpaired) electrons. The minimum Gasteiger partial charge on any atom is -0.376 e. The van der Waals surface area contributed by atoms with Gasteiger partial charge in [0.15, 0.2) is 5.78 Å². The smallest absolute Gasteiger partial charge is 0.320 e. The number of amides is 2. The van der Waals surface area contributed by atoms with E-state index >= 15 is 4.39 Å². The number of ketones is 1. The summed E-state index contributed by atoms with van der Waals surface area (Å²) in [6.45, 7) is 3.32. The van der Waals surface area contributed by atoms with Gasteiger partial charge in [0.1, 0.15) is 5.82 Å². The van der Waals surface area contributed by atoms with E-state index in [9.17, 15) is 9.59 Å². The monoisotopic (exact) mass is 511 g/mol. The van der Waals surface area contributed by atoms with Crippen LogP contribution in [-0.4, -0.2) is 56.9 Å². The van der Waals surface area contributed by atoms with Crippen LogP contribution in [0.2, 0.25) is 0 Å². The Morgan fingerprint density at radius 2 is 1.74 bits per heavy atom. The maximum Gasteiger partial charge on any atom is 0.320 e. The molecule has 0 saturated carbocycles. The molecule has 4 aromatic rings. The number of aryl methyl sites for hydroxylation is 1. The van der Waals surface area contributed by atoms with Crippen LogP contribution in [0.15, 0.2) is 48.8 Å². The van der Waals surface area contributed by atoms with E-state index in [0.29, 0.717) is 25.2 Å². The zero-order chi connectivity index (χ0) is 26.0. The highest BCUT2D eigenvalue weighted by molar-refractivity contribution is 6.34. The lowest BCUT2D eigenvalue weighted by atomic mass is 9.97. The lowest BCUT2D eigenvalue weighted by molar-refractivity contribution is -0.112. The number of para-hydroxylation sites is 1. The molecule has 7 rings (SSSR count). The molecule has 7 nitrogen and oxygen atoms in total. The number of aromatic nitrogens is 2. The summed E-state index contributed by atoms with van der Waals surface area (Å²) in [6, 6.07) is 11.2. The van der Waals surface area contributed by atoms with Crippen LogP contribution in [0.5, 0.6) is 0 Å². The first-order valence-electron chi connectivity index (χ1n) is 13.4. The first-order chi connectivity index (χ1) is 18.5. The highest BCUT2D eigenvalue weighted by Gasteiger charge is 2.32. The topological polar surface area (TPSA) is 62.5 Å². The van der Waals surface area contributed by atoms with E-state index in [-0.39, 0.29) is 24.2 Å². The molecule has 0 aliphatic carbocycles. The number of Topliss-reactive ketones (excluding diaryl/α,β-unsaturated/α-hetero) is 1. The van der Waals surface area contributed by atoms with Crippen molar-refractivity contribution in [1.29, 1.82) is 0 Å². The summed E-state index contributed by atoms with van der Waals surface area (Å²) < 4.78 is 19.2. The maximum atomic E-state index is 15.1. The number of fused-ring (bicyclic) bond motifs is 1. The van der Waals surface area contributed by atoms with Crippen LogP contribution >= 0.6 is 0 Å². The molecule has 1 saturated heterocycles. The number of nitrogens with one attached hydrogen (secondary N) is 1. The number of likely N-dealkylation sites (tertiary alicyclic amines) is 1. The zero-order valence-corrected chi connectivity index (χ0v) is 21.5. The Kier molecular flexibility index (Phi) is 5.32. The minimum atomic E-state index is -0.338. The lowest BCUT2D eigenvalue weighted by Gasteiger charge is -2.32. The normalized spacial score (nSPS) is 18.0. The van der Waals surface area contributed by atoms with Gasteiger partial charge < -0.3 is 24.3 Å². The van der Waals surface area contributed by atoms with E-state index in [1.54, 1.807) is 12.1 Å². The van der Waals surface area contributed by atoms with Crippen LogP contribution in [0.1, 0.15) is 36.0 Å². The summed E-state index contributed by atoms with van der Waals surface area (Å²) in [5.41, 5.74) is 5.88. The quantitative estimate of drug-likeness (QED) is 0.423. The summed E-state index contributed by atoms with van der Waals surface area (Å²) in [6.07, 6.45) is 7.26. The average molecular weight is 512 g/mol. The molecule has 1 N–H and O–H groups in total. The van der Waals surface area contributed by atoms with Crippen LogP contribution in [0.4, 0.5) is 9.18 Å². The number of carbonyl (C=O) groups is 2. The number of halogens is 1. The van der Waals surface area contributed by atoms with Crippen molar-refractivity contribution >= 4 is 44.9 Å². The van der Waals surface area contributed by atoms with Crippen molar-refractivity contribution < 1.29 is 14.0 Å².